The molecule has 0 aromatic heterocycles. The van der Waals surface area contributed by atoms with Gasteiger partial charge in [-0.25, -0.2) is 0 Å². The third-order valence-corrected chi connectivity index (χ3v) is 4.26. The van der Waals surface area contributed by atoms with E-state index >= 15 is 0 Å². The monoisotopic (exact) mass is 235 g/mol. The lowest BCUT2D eigenvalue weighted by atomic mass is 9.99. The first-order valence-corrected chi connectivity index (χ1v) is 7.05. The van der Waals surface area contributed by atoms with E-state index in [0.717, 1.165) is 19.4 Å². The minimum absolute atomic E-state index is 0.228. The minimum Gasteiger partial charge on any atom is -0.298 e. The zero-order valence-corrected chi connectivity index (χ0v) is 11.4. The van der Waals surface area contributed by atoms with E-state index in [-0.39, 0.29) is 5.54 Å². The van der Waals surface area contributed by atoms with Crippen molar-refractivity contribution < 1.29 is 0 Å². The van der Waals surface area contributed by atoms with Crippen molar-refractivity contribution in [3.05, 3.63) is 0 Å². The molecule has 2 aliphatic carbocycles. The molecule has 0 radical (unpaired) electrons. The van der Waals surface area contributed by atoms with Gasteiger partial charge in [-0.3, -0.25) is 10.2 Å². The maximum absolute atomic E-state index is 9.47. The van der Waals surface area contributed by atoms with Crippen LogP contribution in [0.4, 0.5) is 0 Å². The highest BCUT2D eigenvalue weighted by Crippen LogP contribution is 2.36. The Morgan fingerprint density at radius 2 is 2.12 bits per heavy atom. The Morgan fingerprint density at radius 1 is 1.41 bits per heavy atom. The van der Waals surface area contributed by atoms with Crippen molar-refractivity contribution in [1.82, 2.24) is 10.2 Å². The summed E-state index contributed by atoms with van der Waals surface area (Å²) in [6, 6.07) is 4.36. The van der Waals surface area contributed by atoms with E-state index in [1.165, 1.54) is 19.3 Å². The summed E-state index contributed by atoms with van der Waals surface area (Å²) in [7, 11) is 0. The average molecular weight is 235 g/mol. The molecule has 96 valence electrons. The highest BCUT2D eigenvalue weighted by Gasteiger charge is 2.44. The van der Waals surface area contributed by atoms with Crippen molar-refractivity contribution in [3.63, 3.8) is 0 Å². The highest BCUT2D eigenvalue weighted by molar-refractivity contribution is 5.15. The molecule has 2 saturated carbocycles. The molecule has 2 atom stereocenters. The number of rotatable bonds is 5. The lowest BCUT2D eigenvalue weighted by Gasteiger charge is -2.32. The fourth-order valence-electron chi connectivity index (χ4n) is 3.23. The van der Waals surface area contributed by atoms with E-state index in [2.05, 4.69) is 37.1 Å². The summed E-state index contributed by atoms with van der Waals surface area (Å²) in [5.41, 5.74) is -0.228. The zero-order chi connectivity index (χ0) is 12.5. The van der Waals surface area contributed by atoms with Crippen molar-refractivity contribution in [2.75, 3.05) is 6.54 Å². The van der Waals surface area contributed by atoms with Crippen LogP contribution in [-0.2, 0) is 0 Å². The standard InChI is InChI=1S/C14H25N3/c1-4-17(11(2)3)13-7-8-14(9-13,10-15)16-12-5-6-12/h11-13,16H,4-9H2,1-3H3. The molecule has 0 aromatic rings. The Hall–Kier alpha value is -0.590. The van der Waals surface area contributed by atoms with Crippen molar-refractivity contribution >= 4 is 0 Å². The first kappa shape index (κ1) is 12.9. The van der Waals surface area contributed by atoms with Crippen LogP contribution in [0.3, 0.4) is 0 Å². The number of nitrogens with zero attached hydrogens (tertiary/aromatic N) is 2. The molecule has 0 bridgehead atoms. The smallest absolute Gasteiger partial charge is 0.108 e. The Bertz CT molecular complexity index is 303. The summed E-state index contributed by atoms with van der Waals surface area (Å²) in [6.45, 7) is 7.82. The van der Waals surface area contributed by atoms with Gasteiger partial charge in [0.25, 0.3) is 0 Å². The van der Waals surface area contributed by atoms with Gasteiger partial charge in [0.1, 0.15) is 5.54 Å². The van der Waals surface area contributed by atoms with Crippen LogP contribution < -0.4 is 5.32 Å². The number of nitriles is 1. The Balaban J connectivity index is 1.98. The second-order valence-electron chi connectivity index (χ2n) is 5.93. The third-order valence-electron chi connectivity index (χ3n) is 4.26. The molecule has 0 aromatic carbocycles. The predicted molar refractivity (Wildman–Crippen MR) is 69.7 cm³/mol. The molecule has 1 N–H and O–H groups in total. The maximum atomic E-state index is 9.47. The molecule has 2 fully saturated rings. The van der Waals surface area contributed by atoms with Gasteiger partial charge < -0.3 is 0 Å². The van der Waals surface area contributed by atoms with E-state index in [4.69, 9.17) is 0 Å². The fourth-order valence-corrected chi connectivity index (χ4v) is 3.23. The summed E-state index contributed by atoms with van der Waals surface area (Å²) in [5.74, 6) is 0. The van der Waals surface area contributed by atoms with Crippen molar-refractivity contribution in [2.45, 2.75) is 76.5 Å². The molecule has 0 saturated heterocycles. The molecule has 0 aliphatic heterocycles. The van der Waals surface area contributed by atoms with Crippen molar-refractivity contribution in [2.24, 2.45) is 0 Å². The average Bonchev–Trinajstić information content (AvgIpc) is 3.00. The summed E-state index contributed by atoms with van der Waals surface area (Å²) < 4.78 is 0. The second kappa shape index (κ2) is 4.96. The topological polar surface area (TPSA) is 39.1 Å². The van der Waals surface area contributed by atoms with E-state index in [1.807, 2.05) is 0 Å². The van der Waals surface area contributed by atoms with Gasteiger partial charge in [-0.05, 0) is 52.5 Å². The molecule has 0 heterocycles. The Labute approximate surface area is 105 Å². The molecular formula is C14H25N3. The molecule has 17 heavy (non-hydrogen) atoms. The van der Waals surface area contributed by atoms with E-state index in [1.54, 1.807) is 0 Å². The first-order valence-electron chi connectivity index (χ1n) is 7.05. The van der Waals surface area contributed by atoms with Crippen LogP contribution in [-0.4, -0.2) is 35.1 Å². The van der Waals surface area contributed by atoms with Crippen LogP contribution in [0, 0.1) is 11.3 Å². The lowest BCUT2D eigenvalue weighted by molar-refractivity contribution is 0.159. The molecule has 2 aliphatic rings. The lowest BCUT2D eigenvalue weighted by Crippen LogP contribution is -2.46. The molecule has 2 rings (SSSR count). The van der Waals surface area contributed by atoms with Gasteiger partial charge in [-0.2, -0.15) is 5.26 Å². The SMILES string of the molecule is CCN(C(C)C)C1CCC(C#N)(NC2CC2)C1. The third kappa shape index (κ3) is 2.81. The van der Waals surface area contributed by atoms with E-state index in [0.29, 0.717) is 18.1 Å². The summed E-state index contributed by atoms with van der Waals surface area (Å²) in [4.78, 5) is 2.54. The van der Waals surface area contributed by atoms with Gasteiger partial charge in [0.15, 0.2) is 0 Å². The quantitative estimate of drug-likeness (QED) is 0.794. The van der Waals surface area contributed by atoms with Crippen molar-refractivity contribution in [1.29, 1.82) is 5.26 Å². The predicted octanol–water partition coefficient (Wildman–Crippen LogP) is 2.28. The molecule has 3 heteroatoms. The summed E-state index contributed by atoms with van der Waals surface area (Å²) in [6.07, 6.45) is 5.71. The number of hydrogen-bond donors (Lipinski definition) is 1. The molecule has 0 amide bonds. The minimum atomic E-state index is -0.228. The van der Waals surface area contributed by atoms with Gasteiger partial charge in [0.05, 0.1) is 6.07 Å². The van der Waals surface area contributed by atoms with Gasteiger partial charge in [0, 0.05) is 18.1 Å². The van der Waals surface area contributed by atoms with Crippen molar-refractivity contribution in [3.8, 4) is 6.07 Å². The highest BCUT2D eigenvalue weighted by atomic mass is 15.2. The van der Waals surface area contributed by atoms with Gasteiger partial charge >= 0.3 is 0 Å². The summed E-state index contributed by atoms with van der Waals surface area (Å²) >= 11 is 0. The van der Waals surface area contributed by atoms with Crippen LogP contribution in [0.15, 0.2) is 0 Å². The fraction of sp³-hybridized carbons (Fsp3) is 0.929. The van der Waals surface area contributed by atoms with Crippen LogP contribution >= 0.6 is 0 Å². The normalized spacial score (nSPS) is 33.3. The van der Waals surface area contributed by atoms with Crippen LogP contribution in [0.2, 0.25) is 0 Å². The van der Waals surface area contributed by atoms with Gasteiger partial charge in [-0.15, -0.1) is 0 Å². The van der Waals surface area contributed by atoms with Crippen LogP contribution in [0.5, 0.6) is 0 Å². The van der Waals surface area contributed by atoms with Crippen LogP contribution in [0.25, 0.3) is 0 Å². The number of nitrogens with one attached hydrogen (secondary N) is 1. The van der Waals surface area contributed by atoms with Gasteiger partial charge in [-0.1, -0.05) is 6.92 Å². The van der Waals surface area contributed by atoms with Gasteiger partial charge in [0.2, 0.25) is 0 Å². The molecule has 2 unspecified atom stereocenters. The first-order chi connectivity index (χ1) is 8.10. The van der Waals surface area contributed by atoms with E-state index in [9.17, 15) is 5.26 Å². The second-order valence-corrected chi connectivity index (χ2v) is 5.93. The Morgan fingerprint density at radius 3 is 2.59 bits per heavy atom. The summed E-state index contributed by atoms with van der Waals surface area (Å²) in [5, 5.41) is 13.0. The molecule has 3 nitrogen and oxygen atoms in total. The zero-order valence-electron chi connectivity index (χ0n) is 11.4. The largest absolute Gasteiger partial charge is 0.298 e. The maximum Gasteiger partial charge on any atom is 0.108 e. The Kier molecular flexibility index (Phi) is 3.75. The van der Waals surface area contributed by atoms with E-state index < -0.39 is 0 Å². The number of hydrogen-bond acceptors (Lipinski definition) is 3. The van der Waals surface area contributed by atoms with Crippen LogP contribution in [0.1, 0.15) is 52.9 Å². The molecular weight excluding hydrogens is 210 g/mol. The molecule has 0 spiro atoms.